The van der Waals surface area contributed by atoms with Gasteiger partial charge in [0.2, 0.25) is 0 Å². The van der Waals surface area contributed by atoms with Crippen LogP contribution in [0, 0.1) is 13.8 Å². The summed E-state index contributed by atoms with van der Waals surface area (Å²) in [6, 6.07) is 4.10. The Morgan fingerprint density at radius 2 is 2.00 bits per heavy atom. The van der Waals surface area contributed by atoms with Gasteiger partial charge in [0.25, 0.3) is 0 Å². The minimum Gasteiger partial charge on any atom is -0.287 e. The normalized spacial score (nSPS) is 9.93. The maximum Gasteiger partial charge on any atom is 0.190 e. The molecule has 0 unspecified atom stereocenters. The molecule has 0 aliphatic carbocycles. The van der Waals surface area contributed by atoms with E-state index < -0.39 is 0 Å². The van der Waals surface area contributed by atoms with E-state index in [-0.39, 0.29) is 5.12 Å². The molecule has 0 aliphatic heterocycles. The SMILES string of the molecule is C=Cc1cc(C)c(SC(C)=O)cc1C. The Kier molecular flexibility index (Phi) is 3.53. The predicted molar refractivity (Wildman–Crippen MR) is 62.5 cm³/mol. The number of hydrogen-bond donors (Lipinski definition) is 0. The maximum atomic E-state index is 11.0. The lowest BCUT2D eigenvalue weighted by molar-refractivity contribution is -0.109. The summed E-state index contributed by atoms with van der Waals surface area (Å²) in [5.41, 5.74) is 3.43. The second kappa shape index (κ2) is 4.47. The van der Waals surface area contributed by atoms with Gasteiger partial charge in [-0.15, -0.1) is 0 Å². The molecule has 0 spiro atoms. The van der Waals surface area contributed by atoms with Gasteiger partial charge in [0.1, 0.15) is 0 Å². The van der Waals surface area contributed by atoms with Crippen molar-refractivity contribution in [1.82, 2.24) is 0 Å². The van der Waals surface area contributed by atoms with E-state index in [1.54, 1.807) is 6.92 Å². The molecule has 0 saturated carbocycles. The highest BCUT2D eigenvalue weighted by atomic mass is 32.2. The van der Waals surface area contributed by atoms with E-state index in [4.69, 9.17) is 0 Å². The second-order valence-corrected chi connectivity index (χ2v) is 4.49. The first-order valence-corrected chi connectivity index (χ1v) is 5.28. The van der Waals surface area contributed by atoms with Crippen LogP contribution in [0.3, 0.4) is 0 Å². The molecule has 0 heterocycles. The maximum absolute atomic E-state index is 11.0. The third-order valence-electron chi connectivity index (χ3n) is 2.04. The van der Waals surface area contributed by atoms with Crippen LogP contribution >= 0.6 is 11.8 Å². The van der Waals surface area contributed by atoms with Crippen LogP contribution in [-0.2, 0) is 4.79 Å². The molecule has 0 radical (unpaired) electrons. The van der Waals surface area contributed by atoms with Crippen molar-refractivity contribution in [1.29, 1.82) is 0 Å². The summed E-state index contributed by atoms with van der Waals surface area (Å²) in [5, 5.41) is 0.124. The number of thioether (sulfide) groups is 1. The van der Waals surface area contributed by atoms with Gasteiger partial charge in [0.05, 0.1) is 0 Å². The van der Waals surface area contributed by atoms with Crippen LogP contribution in [0.25, 0.3) is 6.08 Å². The largest absolute Gasteiger partial charge is 0.287 e. The van der Waals surface area contributed by atoms with Crippen LogP contribution in [0.15, 0.2) is 23.6 Å². The van der Waals surface area contributed by atoms with Crippen molar-refractivity contribution in [2.45, 2.75) is 25.7 Å². The van der Waals surface area contributed by atoms with Crippen molar-refractivity contribution in [2.75, 3.05) is 0 Å². The summed E-state index contributed by atoms with van der Waals surface area (Å²) in [6.45, 7) is 9.37. The van der Waals surface area contributed by atoms with E-state index in [0.717, 1.165) is 21.6 Å². The fraction of sp³-hybridized carbons (Fsp3) is 0.250. The Hall–Kier alpha value is -1.02. The number of rotatable bonds is 2. The fourth-order valence-corrected chi connectivity index (χ4v) is 2.06. The molecule has 0 aliphatic rings. The number of aryl methyl sites for hydroxylation is 2. The van der Waals surface area contributed by atoms with Crippen molar-refractivity contribution in [3.05, 3.63) is 35.4 Å². The lowest BCUT2D eigenvalue weighted by atomic mass is 10.1. The van der Waals surface area contributed by atoms with Crippen molar-refractivity contribution in [2.24, 2.45) is 0 Å². The minimum absolute atomic E-state index is 0.124. The van der Waals surface area contributed by atoms with Crippen LogP contribution in [0.1, 0.15) is 23.6 Å². The third-order valence-corrected chi connectivity index (χ3v) is 2.98. The van der Waals surface area contributed by atoms with Gasteiger partial charge >= 0.3 is 0 Å². The molecule has 1 rings (SSSR count). The number of carbonyl (C=O) groups excluding carboxylic acids is 1. The van der Waals surface area contributed by atoms with Crippen molar-refractivity contribution in [3.63, 3.8) is 0 Å². The molecule has 0 saturated heterocycles. The van der Waals surface area contributed by atoms with Gasteiger partial charge in [-0.3, -0.25) is 4.79 Å². The molecule has 1 aromatic rings. The van der Waals surface area contributed by atoms with Crippen LogP contribution in [0.2, 0.25) is 0 Å². The van der Waals surface area contributed by atoms with E-state index in [1.165, 1.54) is 11.8 Å². The Balaban J connectivity index is 3.14. The molecule has 0 atom stereocenters. The Bertz CT molecular complexity index is 380. The standard InChI is InChI=1S/C12H14OS/c1-5-11-6-9(3)12(7-8(11)2)14-10(4)13/h5-7H,1H2,2-4H3. The first-order valence-electron chi connectivity index (χ1n) is 4.46. The van der Waals surface area contributed by atoms with Crippen LogP contribution < -0.4 is 0 Å². The quantitative estimate of drug-likeness (QED) is 0.688. The van der Waals surface area contributed by atoms with E-state index >= 15 is 0 Å². The average Bonchev–Trinajstić information content (AvgIpc) is 2.10. The second-order valence-electron chi connectivity index (χ2n) is 3.27. The third kappa shape index (κ3) is 2.48. The highest BCUT2D eigenvalue weighted by molar-refractivity contribution is 8.13. The zero-order valence-electron chi connectivity index (χ0n) is 8.76. The van der Waals surface area contributed by atoms with Gasteiger partial charge in [-0.05, 0) is 36.6 Å². The number of carbonyl (C=O) groups is 1. The summed E-state index contributed by atoms with van der Waals surface area (Å²) < 4.78 is 0. The first-order chi connectivity index (χ1) is 6.54. The molecule has 0 aromatic heterocycles. The monoisotopic (exact) mass is 206 g/mol. The minimum atomic E-state index is 0.124. The molecule has 0 fully saturated rings. The Labute approximate surface area is 89.2 Å². The summed E-state index contributed by atoms with van der Waals surface area (Å²) in [6.07, 6.45) is 1.84. The summed E-state index contributed by atoms with van der Waals surface area (Å²) in [7, 11) is 0. The van der Waals surface area contributed by atoms with Gasteiger partial charge in [-0.1, -0.05) is 30.5 Å². The molecular formula is C12H14OS. The van der Waals surface area contributed by atoms with Crippen LogP contribution in [0.4, 0.5) is 0 Å². The molecular weight excluding hydrogens is 192 g/mol. The summed E-state index contributed by atoms with van der Waals surface area (Å²) in [5.74, 6) is 0. The Morgan fingerprint density at radius 1 is 1.36 bits per heavy atom. The molecule has 1 nitrogen and oxygen atoms in total. The van der Waals surface area contributed by atoms with Crippen molar-refractivity contribution >= 4 is 23.0 Å². The van der Waals surface area contributed by atoms with Crippen molar-refractivity contribution < 1.29 is 4.79 Å². The van der Waals surface area contributed by atoms with Gasteiger partial charge in [-0.2, -0.15) is 0 Å². The molecule has 0 N–H and O–H groups in total. The smallest absolute Gasteiger partial charge is 0.190 e. The number of benzene rings is 1. The molecule has 2 heteroatoms. The van der Waals surface area contributed by atoms with Gasteiger partial charge in [-0.25, -0.2) is 0 Å². The fourth-order valence-electron chi connectivity index (χ4n) is 1.30. The Morgan fingerprint density at radius 3 is 2.50 bits per heavy atom. The lowest BCUT2D eigenvalue weighted by Crippen LogP contribution is -1.89. The molecule has 74 valence electrons. The van der Waals surface area contributed by atoms with E-state index in [1.807, 2.05) is 26.0 Å². The van der Waals surface area contributed by atoms with E-state index in [9.17, 15) is 4.79 Å². The van der Waals surface area contributed by atoms with Gasteiger partial charge in [0, 0.05) is 11.8 Å². The van der Waals surface area contributed by atoms with Gasteiger partial charge in [0.15, 0.2) is 5.12 Å². The van der Waals surface area contributed by atoms with Gasteiger partial charge < -0.3 is 0 Å². The molecule has 0 bridgehead atoms. The van der Waals surface area contributed by atoms with E-state index in [0.29, 0.717) is 0 Å². The first kappa shape index (κ1) is 11.1. The zero-order valence-corrected chi connectivity index (χ0v) is 9.57. The topological polar surface area (TPSA) is 17.1 Å². The molecule has 1 aromatic carbocycles. The summed E-state index contributed by atoms with van der Waals surface area (Å²) >= 11 is 1.29. The average molecular weight is 206 g/mol. The molecule has 14 heavy (non-hydrogen) atoms. The zero-order chi connectivity index (χ0) is 10.7. The van der Waals surface area contributed by atoms with Crippen molar-refractivity contribution in [3.8, 4) is 0 Å². The van der Waals surface area contributed by atoms with Crippen LogP contribution in [0.5, 0.6) is 0 Å². The summed E-state index contributed by atoms with van der Waals surface area (Å²) in [4.78, 5) is 12.0. The number of hydrogen-bond acceptors (Lipinski definition) is 2. The highest BCUT2D eigenvalue weighted by Gasteiger charge is 2.05. The van der Waals surface area contributed by atoms with E-state index in [2.05, 4.69) is 12.6 Å². The predicted octanol–water partition coefficient (Wildman–Crippen LogP) is 3.59. The highest BCUT2D eigenvalue weighted by Crippen LogP contribution is 2.26. The lowest BCUT2D eigenvalue weighted by Gasteiger charge is -2.07. The van der Waals surface area contributed by atoms with Crippen LogP contribution in [-0.4, -0.2) is 5.12 Å². The molecule has 0 amide bonds.